The summed E-state index contributed by atoms with van der Waals surface area (Å²) in [6, 6.07) is 0. The Labute approximate surface area is 127 Å². The molecule has 0 saturated carbocycles. The number of rotatable bonds is 10. The number of carbonyl (C=O) groups excluding carboxylic acids is 1. The molecule has 0 atom stereocenters. The highest BCUT2D eigenvalue weighted by Gasteiger charge is 2.08. The van der Waals surface area contributed by atoms with Gasteiger partial charge in [0.15, 0.2) is 6.29 Å². The molecule has 0 aromatic carbocycles. The molecule has 21 heavy (non-hydrogen) atoms. The van der Waals surface area contributed by atoms with Crippen LogP contribution in [-0.4, -0.2) is 40.8 Å². The lowest BCUT2D eigenvalue weighted by atomic mass is 10.2. The zero-order chi connectivity index (χ0) is 15.5. The second-order valence-electron chi connectivity index (χ2n) is 4.43. The summed E-state index contributed by atoms with van der Waals surface area (Å²) in [5.74, 6) is 0. The average molecular weight is 318 g/mol. The molecule has 0 aliphatic heterocycles. The molecular weight excluding hydrogens is 296 g/mol. The fourth-order valence-corrected chi connectivity index (χ4v) is 2.14. The van der Waals surface area contributed by atoms with Crippen LogP contribution in [-0.2, 0) is 4.74 Å². The molecule has 1 heterocycles. The van der Waals surface area contributed by atoms with Crippen molar-refractivity contribution in [1.29, 1.82) is 0 Å². The molecule has 0 unspecified atom stereocenters. The second kappa shape index (κ2) is 10.4. The third-order valence-electron chi connectivity index (χ3n) is 2.54. The predicted octanol–water partition coefficient (Wildman–Crippen LogP) is 2.35. The van der Waals surface area contributed by atoms with Gasteiger partial charge in [0.25, 0.3) is 5.19 Å². The minimum atomic E-state index is -1.40. The van der Waals surface area contributed by atoms with Crippen molar-refractivity contribution in [2.75, 3.05) is 18.5 Å². The van der Waals surface area contributed by atoms with Crippen molar-refractivity contribution in [3.8, 4) is 5.19 Å². The average Bonchev–Trinajstić information content (AvgIpc) is 2.85. The predicted molar refractivity (Wildman–Crippen MR) is 79.6 cm³/mol. The fraction of sp³-hybridized carbons (Fsp3) is 0.692. The van der Waals surface area contributed by atoms with Gasteiger partial charge in [-0.3, -0.25) is 5.32 Å². The van der Waals surface area contributed by atoms with Crippen LogP contribution in [0, 0.1) is 0 Å². The van der Waals surface area contributed by atoms with E-state index >= 15 is 0 Å². The van der Waals surface area contributed by atoms with Crippen molar-refractivity contribution in [2.45, 2.75) is 45.3 Å². The molecule has 7 nitrogen and oxygen atoms in total. The lowest BCUT2D eigenvalue weighted by Gasteiger charge is -2.04. The number of aliphatic hydroxyl groups is 2. The molecule has 1 rings (SSSR count). The molecule has 0 saturated heterocycles. The molecule has 0 aliphatic carbocycles. The Kier molecular flexibility index (Phi) is 8.72. The number of anilines is 1. The van der Waals surface area contributed by atoms with Crippen molar-refractivity contribution in [1.82, 2.24) is 4.98 Å². The zero-order valence-electron chi connectivity index (χ0n) is 12.1. The van der Waals surface area contributed by atoms with E-state index in [0.717, 1.165) is 37.0 Å². The SMILES string of the molecule is CCCCCCOC(=O)Nc1cnc(OCCC(O)O)s1. The van der Waals surface area contributed by atoms with Gasteiger partial charge in [-0.1, -0.05) is 37.5 Å². The first kappa shape index (κ1) is 17.7. The van der Waals surface area contributed by atoms with Gasteiger partial charge in [0.2, 0.25) is 0 Å². The number of thiazole rings is 1. The summed E-state index contributed by atoms with van der Waals surface area (Å²) in [5.41, 5.74) is 0. The van der Waals surface area contributed by atoms with Gasteiger partial charge in [0, 0.05) is 6.42 Å². The Morgan fingerprint density at radius 1 is 1.38 bits per heavy atom. The van der Waals surface area contributed by atoms with Crippen molar-refractivity contribution in [3.05, 3.63) is 6.20 Å². The maximum Gasteiger partial charge on any atom is 0.412 e. The number of aromatic nitrogens is 1. The third-order valence-corrected chi connectivity index (χ3v) is 3.37. The largest absolute Gasteiger partial charge is 0.470 e. The molecule has 0 bridgehead atoms. The molecule has 0 fully saturated rings. The van der Waals surface area contributed by atoms with E-state index in [1.165, 1.54) is 6.20 Å². The Balaban J connectivity index is 2.19. The summed E-state index contributed by atoms with van der Waals surface area (Å²) in [6.45, 7) is 2.67. The van der Waals surface area contributed by atoms with Gasteiger partial charge in [0.05, 0.1) is 19.4 Å². The van der Waals surface area contributed by atoms with Crippen LogP contribution in [0.5, 0.6) is 5.19 Å². The minimum Gasteiger partial charge on any atom is -0.470 e. The zero-order valence-corrected chi connectivity index (χ0v) is 12.9. The van der Waals surface area contributed by atoms with Gasteiger partial charge in [-0.25, -0.2) is 9.78 Å². The molecule has 1 amide bonds. The van der Waals surface area contributed by atoms with Gasteiger partial charge < -0.3 is 19.7 Å². The molecule has 0 radical (unpaired) electrons. The van der Waals surface area contributed by atoms with E-state index in [-0.39, 0.29) is 13.0 Å². The van der Waals surface area contributed by atoms with Crippen molar-refractivity contribution in [2.24, 2.45) is 0 Å². The summed E-state index contributed by atoms with van der Waals surface area (Å²) in [6.07, 6.45) is 3.86. The molecule has 0 spiro atoms. The number of aliphatic hydroxyl groups excluding tert-OH is 1. The van der Waals surface area contributed by atoms with Gasteiger partial charge >= 0.3 is 6.09 Å². The maximum absolute atomic E-state index is 11.5. The summed E-state index contributed by atoms with van der Waals surface area (Å²) in [5, 5.41) is 20.8. The quantitative estimate of drug-likeness (QED) is 0.452. The van der Waals surface area contributed by atoms with Crippen LogP contribution in [0.4, 0.5) is 9.80 Å². The van der Waals surface area contributed by atoms with Gasteiger partial charge in [-0.15, -0.1) is 0 Å². The molecule has 3 N–H and O–H groups in total. The molecule has 120 valence electrons. The van der Waals surface area contributed by atoms with Gasteiger partial charge in [0.1, 0.15) is 5.00 Å². The van der Waals surface area contributed by atoms with Gasteiger partial charge in [-0.05, 0) is 6.42 Å². The number of nitrogens with zero attached hydrogens (tertiary/aromatic N) is 1. The molecule has 1 aromatic heterocycles. The van der Waals surface area contributed by atoms with Crippen LogP contribution in [0.1, 0.15) is 39.0 Å². The summed E-state index contributed by atoms with van der Waals surface area (Å²) < 4.78 is 10.2. The molecular formula is C13H22N2O5S. The summed E-state index contributed by atoms with van der Waals surface area (Å²) >= 11 is 1.15. The summed E-state index contributed by atoms with van der Waals surface area (Å²) in [4.78, 5) is 15.4. The van der Waals surface area contributed by atoms with Crippen molar-refractivity contribution < 1.29 is 24.5 Å². The lowest BCUT2D eigenvalue weighted by molar-refractivity contribution is -0.0519. The Hall–Kier alpha value is -1.38. The van der Waals surface area contributed by atoms with E-state index in [2.05, 4.69) is 17.2 Å². The monoisotopic (exact) mass is 318 g/mol. The summed E-state index contributed by atoms with van der Waals surface area (Å²) in [7, 11) is 0. The van der Waals surface area contributed by atoms with Crippen LogP contribution in [0.15, 0.2) is 6.20 Å². The first-order chi connectivity index (χ1) is 10.1. The standard InChI is InChI=1S/C13H22N2O5S/c1-2-3-4-5-7-19-12(18)15-10-9-14-13(21-10)20-8-6-11(16)17/h9,11,16-17H,2-8H2,1H3,(H,15,18). The first-order valence-corrected chi connectivity index (χ1v) is 7.82. The fourth-order valence-electron chi connectivity index (χ4n) is 1.46. The number of nitrogens with one attached hydrogen (secondary N) is 1. The normalized spacial score (nSPS) is 10.7. The van der Waals surface area contributed by atoms with Crippen molar-refractivity contribution >= 4 is 22.4 Å². The van der Waals surface area contributed by atoms with E-state index in [9.17, 15) is 4.79 Å². The van der Waals surface area contributed by atoms with E-state index in [1.807, 2.05) is 0 Å². The minimum absolute atomic E-state index is 0.0993. The van der Waals surface area contributed by atoms with Crippen LogP contribution in [0.25, 0.3) is 0 Å². The molecule has 1 aromatic rings. The number of hydrogen-bond acceptors (Lipinski definition) is 7. The van der Waals surface area contributed by atoms with E-state index in [1.54, 1.807) is 0 Å². The van der Waals surface area contributed by atoms with Crippen LogP contribution < -0.4 is 10.1 Å². The van der Waals surface area contributed by atoms with Crippen LogP contribution in [0.3, 0.4) is 0 Å². The molecule has 8 heteroatoms. The van der Waals surface area contributed by atoms with E-state index in [4.69, 9.17) is 19.7 Å². The topological polar surface area (TPSA) is 101 Å². The second-order valence-corrected chi connectivity index (χ2v) is 5.42. The number of ether oxygens (including phenoxy) is 2. The smallest absolute Gasteiger partial charge is 0.412 e. The highest BCUT2D eigenvalue weighted by Crippen LogP contribution is 2.25. The maximum atomic E-state index is 11.5. The lowest BCUT2D eigenvalue weighted by Crippen LogP contribution is -2.13. The number of hydrogen-bond donors (Lipinski definition) is 3. The highest BCUT2D eigenvalue weighted by molar-refractivity contribution is 7.17. The highest BCUT2D eigenvalue weighted by atomic mass is 32.1. The van der Waals surface area contributed by atoms with Crippen LogP contribution in [0.2, 0.25) is 0 Å². The van der Waals surface area contributed by atoms with Crippen molar-refractivity contribution in [3.63, 3.8) is 0 Å². The third kappa shape index (κ3) is 8.49. The Bertz CT molecular complexity index is 411. The number of carbonyl (C=O) groups is 1. The van der Waals surface area contributed by atoms with Gasteiger partial charge in [-0.2, -0.15) is 0 Å². The molecule has 0 aliphatic rings. The Morgan fingerprint density at radius 3 is 2.90 bits per heavy atom. The Morgan fingerprint density at radius 2 is 2.19 bits per heavy atom. The first-order valence-electron chi connectivity index (χ1n) is 7.00. The van der Waals surface area contributed by atoms with Crippen LogP contribution >= 0.6 is 11.3 Å². The van der Waals surface area contributed by atoms with E-state index in [0.29, 0.717) is 16.8 Å². The van der Waals surface area contributed by atoms with E-state index < -0.39 is 12.4 Å². The number of unbranched alkanes of at least 4 members (excludes halogenated alkanes) is 3. The number of amides is 1.